The van der Waals surface area contributed by atoms with Gasteiger partial charge in [-0.15, -0.1) is 0 Å². The van der Waals surface area contributed by atoms with Gasteiger partial charge in [-0.1, -0.05) is 0 Å². The van der Waals surface area contributed by atoms with Crippen molar-refractivity contribution < 1.29 is 23.7 Å². The van der Waals surface area contributed by atoms with E-state index in [0.717, 1.165) is 0 Å². The number of anilines is 1. The van der Waals surface area contributed by atoms with E-state index in [4.69, 9.17) is 18.9 Å². The highest BCUT2D eigenvalue weighted by atomic mass is 16.7. The van der Waals surface area contributed by atoms with Crippen LogP contribution in [0.2, 0.25) is 0 Å². The number of hydrogen-bond donors (Lipinski definition) is 1. The van der Waals surface area contributed by atoms with Gasteiger partial charge >= 0.3 is 6.03 Å². The van der Waals surface area contributed by atoms with Gasteiger partial charge < -0.3 is 29.2 Å². The van der Waals surface area contributed by atoms with Crippen molar-refractivity contribution in [1.82, 2.24) is 4.90 Å². The highest BCUT2D eigenvalue weighted by Crippen LogP contribution is 2.38. The van der Waals surface area contributed by atoms with Gasteiger partial charge in [-0.2, -0.15) is 0 Å². The number of nitrogens with zero attached hydrogens (tertiary/aromatic N) is 1. The van der Waals surface area contributed by atoms with E-state index in [9.17, 15) is 4.79 Å². The van der Waals surface area contributed by atoms with Crippen LogP contribution in [0.3, 0.4) is 0 Å². The molecule has 3 rings (SSSR count). The van der Waals surface area contributed by atoms with Crippen molar-refractivity contribution in [3.05, 3.63) is 18.2 Å². The zero-order valence-corrected chi connectivity index (χ0v) is 14.5. The van der Waals surface area contributed by atoms with E-state index in [2.05, 4.69) is 5.32 Å². The Morgan fingerprint density at radius 1 is 1.12 bits per heavy atom. The summed E-state index contributed by atoms with van der Waals surface area (Å²) in [5.41, 5.74) is 0.584. The molecular weight excluding hydrogens is 312 g/mol. The Hall–Kier alpha value is -1.99. The summed E-state index contributed by atoms with van der Waals surface area (Å²) in [6.45, 7) is 6.28. The number of hydrogen-bond acceptors (Lipinski definition) is 5. The van der Waals surface area contributed by atoms with E-state index in [1.54, 1.807) is 37.3 Å². The lowest BCUT2D eigenvalue weighted by Crippen LogP contribution is -2.66. The van der Waals surface area contributed by atoms with Crippen molar-refractivity contribution in [2.24, 2.45) is 5.41 Å². The Kier molecular flexibility index (Phi) is 4.31. The molecule has 2 heterocycles. The molecule has 0 atom stereocenters. The van der Waals surface area contributed by atoms with Crippen LogP contribution in [0.25, 0.3) is 0 Å². The van der Waals surface area contributed by atoms with Gasteiger partial charge in [0.25, 0.3) is 0 Å². The van der Waals surface area contributed by atoms with E-state index >= 15 is 0 Å². The van der Waals surface area contributed by atoms with Gasteiger partial charge in [0.1, 0.15) is 0 Å². The van der Waals surface area contributed by atoms with E-state index < -0.39 is 5.79 Å². The monoisotopic (exact) mass is 336 g/mol. The lowest BCUT2D eigenvalue weighted by Gasteiger charge is -2.53. The van der Waals surface area contributed by atoms with Crippen molar-refractivity contribution in [2.75, 3.05) is 45.8 Å². The van der Waals surface area contributed by atoms with E-state index in [1.165, 1.54) is 0 Å². The molecule has 2 fully saturated rings. The molecule has 1 aromatic carbocycles. The molecule has 7 nitrogen and oxygen atoms in total. The van der Waals surface area contributed by atoms with Crippen LogP contribution in [0.15, 0.2) is 18.2 Å². The number of urea groups is 1. The number of methoxy groups -OCH3 is 2. The molecule has 0 aromatic heterocycles. The Labute approximate surface area is 141 Å². The molecular formula is C17H24N2O5. The molecule has 1 aromatic rings. The summed E-state index contributed by atoms with van der Waals surface area (Å²) in [7, 11) is 3.14. The van der Waals surface area contributed by atoms with Gasteiger partial charge in [-0.25, -0.2) is 4.79 Å². The number of nitrogens with one attached hydrogen (secondary N) is 1. The second kappa shape index (κ2) is 6.14. The third-order valence-corrected chi connectivity index (χ3v) is 4.43. The maximum Gasteiger partial charge on any atom is 0.321 e. The average molecular weight is 336 g/mol. The average Bonchev–Trinajstić information content (AvgIpc) is 2.53. The second-order valence-electron chi connectivity index (χ2n) is 6.83. The smallest absolute Gasteiger partial charge is 0.321 e. The molecule has 0 unspecified atom stereocenters. The van der Waals surface area contributed by atoms with Gasteiger partial charge in [0.05, 0.1) is 32.8 Å². The highest BCUT2D eigenvalue weighted by Gasteiger charge is 2.50. The van der Waals surface area contributed by atoms with Crippen molar-refractivity contribution in [3.63, 3.8) is 0 Å². The molecule has 132 valence electrons. The van der Waals surface area contributed by atoms with Crippen molar-refractivity contribution in [2.45, 2.75) is 19.6 Å². The molecule has 2 aliphatic heterocycles. The van der Waals surface area contributed by atoms with Crippen molar-refractivity contribution >= 4 is 11.7 Å². The second-order valence-corrected chi connectivity index (χ2v) is 6.83. The lowest BCUT2D eigenvalue weighted by atomic mass is 9.81. The molecule has 1 spiro atoms. The summed E-state index contributed by atoms with van der Waals surface area (Å²) >= 11 is 0. The van der Waals surface area contributed by atoms with Crippen molar-refractivity contribution in [3.8, 4) is 11.5 Å². The minimum Gasteiger partial charge on any atom is -0.493 e. The van der Waals surface area contributed by atoms with Gasteiger partial charge in [-0.3, -0.25) is 0 Å². The number of amides is 2. The molecule has 0 radical (unpaired) electrons. The minimum atomic E-state index is -0.534. The molecule has 0 bridgehead atoms. The fraction of sp³-hybridized carbons (Fsp3) is 0.588. The van der Waals surface area contributed by atoms with Crippen LogP contribution in [0, 0.1) is 5.41 Å². The predicted molar refractivity (Wildman–Crippen MR) is 88.6 cm³/mol. The zero-order valence-electron chi connectivity index (χ0n) is 14.5. The first-order valence-electron chi connectivity index (χ1n) is 7.92. The summed E-state index contributed by atoms with van der Waals surface area (Å²) < 4.78 is 21.9. The molecule has 7 heteroatoms. The standard InChI is InChI=1S/C17H24N2O5/c1-16(2)23-10-17(11-24-16)8-19(9-17)15(20)18-12-5-6-13(21-3)14(7-12)22-4/h5-7H,8-11H2,1-4H3,(H,18,20). The Bertz CT molecular complexity index is 613. The largest absolute Gasteiger partial charge is 0.493 e. The van der Waals surface area contributed by atoms with Crippen LogP contribution in [0.1, 0.15) is 13.8 Å². The normalized spacial score (nSPS) is 21.1. The van der Waals surface area contributed by atoms with E-state index in [-0.39, 0.29) is 11.4 Å². The summed E-state index contributed by atoms with van der Waals surface area (Å²) in [4.78, 5) is 14.1. The Balaban J connectivity index is 1.56. The van der Waals surface area contributed by atoms with Crippen LogP contribution in [-0.4, -0.2) is 57.2 Å². The molecule has 1 N–H and O–H groups in total. The number of ether oxygens (including phenoxy) is 4. The van der Waals surface area contributed by atoms with Crippen LogP contribution in [-0.2, 0) is 9.47 Å². The topological polar surface area (TPSA) is 69.3 Å². The molecule has 0 aliphatic carbocycles. The van der Waals surface area contributed by atoms with Gasteiger partial charge in [0.15, 0.2) is 17.3 Å². The highest BCUT2D eigenvalue weighted by molar-refractivity contribution is 5.90. The van der Waals surface area contributed by atoms with Gasteiger partial charge in [-0.05, 0) is 26.0 Å². The van der Waals surface area contributed by atoms with Crippen LogP contribution in [0.4, 0.5) is 10.5 Å². The number of likely N-dealkylation sites (tertiary alicyclic amines) is 1. The summed E-state index contributed by atoms with van der Waals surface area (Å²) in [6.07, 6.45) is 0. The number of rotatable bonds is 3. The summed E-state index contributed by atoms with van der Waals surface area (Å²) in [6, 6.07) is 5.14. The predicted octanol–water partition coefficient (Wildman–Crippen LogP) is 2.32. The van der Waals surface area contributed by atoms with Crippen molar-refractivity contribution in [1.29, 1.82) is 0 Å². The fourth-order valence-corrected chi connectivity index (χ4v) is 2.94. The third kappa shape index (κ3) is 3.27. The van der Waals surface area contributed by atoms with Crippen LogP contribution < -0.4 is 14.8 Å². The quantitative estimate of drug-likeness (QED) is 0.917. The first-order valence-corrected chi connectivity index (χ1v) is 7.92. The fourth-order valence-electron chi connectivity index (χ4n) is 2.94. The maximum atomic E-state index is 12.4. The molecule has 2 aliphatic rings. The number of benzene rings is 1. The minimum absolute atomic E-state index is 0.0789. The SMILES string of the molecule is COc1ccc(NC(=O)N2CC3(COC(C)(C)OC3)C2)cc1OC. The number of carbonyl (C=O) groups excluding carboxylic acids is 1. The number of carbonyl (C=O) groups is 1. The van der Waals surface area contributed by atoms with Crippen LogP contribution >= 0.6 is 0 Å². The lowest BCUT2D eigenvalue weighted by molar-refractivity contribution is -0.301. The van der Waals surface area contributed by atoms with Crippen LogP contribution in [0.5, 0.6) is 11.5 Å². The Morgan fingerprint density at radius 2 is 1.75 bits per heavy atom. The third-order valence-electron chi connectivity index (χ3n) is 4.43. The van der Waals surface area contributed by atoms with E-state index in [0.29, 0.717) is 43.5 Å². The summed E-state index contributed by atoms with van der Waals surface area (Å²) in [5, 5.41) is 2.88. The summed E-state index contributed by atoms with van der Waals surface area (Å²) in [5.74, 6) is 0.664. The molecule has 24 heavy (non-hydrogen) atoms. The molecule has 2 amide bonds. The van der Waals surface area contributed by atoms with Gasteiger partial charge in [0, 0.05) is 24.8 Å². The first-order chi connectivity index (χ1) is 11.4. The van der Waals surface area contributed by atoms with Gasteiger partial charge in [0.2, 0.25) is 0 Å². The van der Waals surface area contributed by atoms with E-state index in [1.807, 2.05) is 13.8 Å². The molecule has 0 saturated carbocycles. The first kappa shape index (κ1) is 16.9. The Morgan fingerprint density at radius 3 is 2.33 bits per heavy atom. The zero-order chi connectivity index (χ0) is 17.4. The molecule has 2 saturated heterocycles. The maximum absolute atomic E-state index is 12.4.